The third kappa shape index (κ3) is 2.98. The maximum atomic E-state index is 10.9. The Bertz CT molecular complexity index is 329. The predicted octanol–water partition coefficient (Wildman–Crippen LogP) is -0.0243. The second-order valence-corrected chi connectivity index (χ2v) is 3.40. The van der Waals surface area contributed by atoms with Gasteiger partial charge in [-0.1, -0.05) is 0 Å². The van der Waals surface area contributed by atoms with Crippen molar-refractivity contribution in [1.82, 2.24) is 4.90 Å². The molecule has 0 spiro atoms. The zero-order valence-electron chi connectivity index (χ0n) is 7.79. The van der Waals surface area contributed by atoms with Crippen LogP contribution < -0.4 is 0 Å². The molecule has 2 N–H and O–H groups in total. The summed E-state index contributed by atoms with van der Waals surface area (Å²) in [6.45, 7) is 0.329. The molecule has 0 amide bonds. The number of carboxylic acids is 2. The van der Waals surface area contributed by atoms with E-state index in [0.717, 1.165) is 0 Å². The van der Waals surface area contributed by atoms with Gasteiger partial charge in [-0.25, -0.2) is 9.79 Å². The number of rotatable bonds is 5. The lowest BCUT2D eigenvalue weighted by Gasteiger charge is -2.23. The zero-order valence-corrected chi connectivity index (χ0v) is 8.61. The minimum absolute atomic E-state index is 0.0220. The summed E-state index contributed by atoms with van der Waals surface area (Å²) in [4.78, 5) is 26.4. The zero-order chi connectivity index (χ0) is 11.4. The maximum absolute atomic E-state index is 10.9. The average molecular weight is 230 g/mol. The normalized spacial score (nSPS) is 16.8. The largest absolute Gasteiger partial charge is 0.481 e. The maximum Gasteiger partial charge on any atom is 0.326 e. The van der Waals surface area contributed by atoms with Gasteiger partial charge in [-0.15, -0.1) is 0 Å². The lowest BCUT2D eigenvalue weighted by Crippen LogP contribution is -2.42. The smallest absolute Gasteiger partial charge is 0.326 e. The lowest BCUT2D eigenvalue weighted by molar-refractivity contribution is -0.142. The van der Waals surface area contributed by atoms with Gasteiger partial charge in [-0.05, 0) is 18.6 Å². The van der Waals surface area contributed by atoms with Crippen molar-refractivity contribution in [3.8, 4) is 0 Å². The molecule has 0 bridgehead atoms. The van der Waals surface area contributed by atoms with Crippen molar-refractivity contribution < 1.29 is 19.8 Å². The highest BCUT2D eigenvalue weighted by molar-refractivity contribution is 7.80. The molecule has 1 heterocycles. The van der Waals surface area contributed by atoms with Gasteiger partial charge in [0.15, 0.2) is 5.11 Å². The minimum atomic E-state index is -1.08. The van der Waals surface area contributed by atoms with Crippen LogP contribution in [0.25, 0.3) is 0 Å². The summed E-state index contributed by atoms with van der Waals surface area (Å²) < 4.78 is 0. The lowest BCUT2D eigenvalue weighted by atomic mass is 10.1. The second-order valence-electron chi connectivity index (χ2n) is 3.03. The molecule has 1 rings (SSSR count). The Kier molecular flexibility index (Phi) is 3.73. The van der Waals surface area contributed by atoms with Crippen molar-refractivity contribution in [2.45, 2.75) is 18.9 Å². The summed E-state index contributed by atoms with van der Waals surface area (Å²) in [5, 5.41) is 17.6. The standard InChI is InChI=1S/C8H10N2O4S/c11-6(12)2-1-5(7(13)14)10-4-3-9-8(10)15/h3,5H,1-2,4H2,(H,11,12)(H,13,14). The van der Waals surface area contributed by atoms with E-state index in [2.05, 4.69) is 4.99 Å². The molecule has 0 aromatic carbocycles. The van der Waals surface area contributed by atoms with Gasteiger partial charge in [0.1, 0.15) is 6.04 Å². The van der Waals surface area contributed by atoms with Crippen molar-refractivity contribution >= 4 is 35.5 Å². The van der Waals surface area contributed by atoms with Gasteiger partial charge in [-0.2, -0.15) is 0 Å². The third-order valence-electron chi connectivity index (χ3n) is 2.02. The molecule has 0 aromatic rings. The molecule has 6 nitrogen and oxygen atoms in total. The summed E-state index contributed by atoms with van der Waals surface area (Å²) in [7, 11) is 0. The molecule has 15 heavy (non-hydrogen) atoms. The highest BCUT2D eigenvalue weighted by Gasteiger charge is 2.29. The highest BCUT2D eigenvalue weighted by atomic mass is 32.1. The first-order valence-corrected chi connectivity index (χ1v) is 4.71. The van der Waals surface area contributed by atoms with Crippen molar-refractivity contribution in [2.24, 2.45) is 4.99 Å². The Morgan fingerprint density at radius 3 is 2.67 bits per heavy atom. The van der Waals surface area contributed by atoms with Gasteiger partial charge in [0.05, 0.1) is 6.54 Å². The fourth-order valence-corrected chi connectivity index (χ4v) is 1.57. The molecular weight excluding hydrogens is 220 g/mol. The van der Waals surface area contributed by atoms with Crippen molar-refractivity contribution in [2.75, 3.05) is 6.54 Å². The Labute approximate surface area is 91.2 Å². The Balaban J connectivity index is 2.62. The molecule has 0 radical (unpaired) electrons. The first kappa shape index (κ1) is 11.6. The van der Waals surface area contributed by atoms with Crippen LogP contribution in [-0.4, -0.2) is 51.0 Å². The monoisotopic (exact) mass is 230 g/mol. The quantitative estimate of drug-likeness (QED) is 0.645. The summed E-state index contributed by atoms with van der Waals surface area (Å²) in [5.74, 6) is -2.10. The molecule has 0 saturated heterocycles. The van der Waals surface area contributed by atoms with Crippen LogP contribution in [0.4, 0.5) is 0 Å². The number of aliphatic imine (C=N–C) groups is 1. The fourth-order valence-electron chi connectivity index (χ4n) is 1.29. The number of nitrogens with zero attached hydrogens (tertiary/aromatic N) is 2. The fraction of sp³-hybridized carbons (Fsp3) is 0.500. The van der Waals surface area contributed by atoms with E-state index >= 15 is 0 Å². The Hall–Kier alpha value is -1.50. The number of thiocarbonyl (C=S) groups is 1. The SMILES string of the molecule is O=C(O)CCC(C(=O)O)N1CC=NC1=S. The average Bonchev–Trinajstić information content (AvgIpc) is 2.51. The van der Waals surface area contributed by atoms with E-state index < -0.39 is 18.0 Å². The summed E-state index contributed by atoms with van der Waals surface area (Å²) in [6.07, 6.45) is 1.34. The van der Waals surface area contributed by atoms with Crippen LogP contribution in [0.2, 0.25) is 0 Å². The third-order valence-corrected chi connectivity index (χ3v) is 2.36. The summed E-state index contributed by atoms with van der Waals surface area (Å²) in [5.41, 5.74) is 0. The van der Waals surface area contributed by atoms with Crippen LogP contribution in [0.3, 0.4) is 0 Å². The van der Waals surface area contributed by atoms with Crippen LogP contribution in [0.5, 0.6) is 0 Å². The van der Waals surface area contributed by atoms with E-state index in [4.69, 9.17) is 22.4 Å². The van der Waals surface area contributed by atoms with E-state index in [9.17, 15) is 9.59 Å². The molecule has 82 valence electrons. The molecule has 1 unspecified atom stereocenters. The van der Waals surface area contributed by atoms with Gasteiger partial charge in [0, 0.05) is 12.6 Å². The molecule has 1 atom stereocenters. The summed E-state index contributed by atoms with van der Waals surface area (Å²) in [6, 6.07) is -0.906. The van der Waals surface area contributed by atoms with Crippen molar-refractivity contribution in [1.29, 1.82) is 0 Å². The first-order valence-electron chi connectivity index (χ1n) is 4.30. The second kappa shape index (κ2) is 4.83. The van der Waals surface area contributed by atoms with Crippen LogP contribution in [0.15, 0.2) is 4.99 Å². The number of aliphatic carboxylic acids is 2. The van der Waals surface area contributed by atoms with E-state index in [-0.39, 0.29) is 18.0 Å². The Morgan fingerprint density at radius 2 is 2.27 bits per heavy atom. The van der Waals surface area contributed by atoms with Crippen molar-refractivity contribution in [3.63, 3.8) is 0 Å². The topological polar surface area (TPSA) is 90.2 Å². The molecule has 0 saturated carbocycles. The molecular formula is C8H10N2O4S. The number of hydrogen-bond donors (Lipinski definition) is 2. The highest BCUT2D eigenvalue weighted by Crippen LogP contribution is 2.12. The predicted molar refractivity (Wildman–Crippen MR) is 56.1 cm³/mol. The van der Waals surface area contributed by atoms with Crippen LogP contribution in [-0.2, 0) is 9.59 Å². The molecule has 1 aliphatic rings. The van der Waals surface area contributed by atoms with E-state index in [1.807, 2.05) is 0 Å². The van der Waals surface area contributed by atoms with Gasteiger partial charge in [0.25, 0.3) is 0 Å². The molecule has 1 aliphatic heterocycles. The number of carbonyl (C=O) groups is 2. The molecule has 0 aromatic heterocycles. The minimum Gasteiger partial charge on any atom is -0.481 e. The van der Waals surface area contributed by atoms with E-state index in [1.165, 1.54) is 11.1 Å². The van der Waals surface area contributed by atoms with Gasteiger partial charge < -0.3 is 15.1 Å². The van der Waals surface area contributed by atoms with Crippen LogP contribution in [0, 0.1) is 0 Å². The number of hydrogen-bond acceptors (Lipinski definition) is 3. The summed E-state index contributed by atoms with van der Waals surface area (Å²) >= 11 is 4.83. The Morgan fingerprint density at radius 1 is 1.60 bits per heavy atom. The van der Waals surface area contributed by atoms with Gasteiger partial charge in [-0.3, -0.25) is 4.79 Å². The van der Waals surface area contributed by atoms with Gasteiger partial charge >= 0.3 is 11.9 Å². The van der Waals surface area contributed by atoms with Crippen LogP contribution in [0.1, 0.15) is 12.8 Å². The van der Waals surface area contributed by atoms with Gasteiger partial charge in [0.2, 0.25) is 0 Å². The molecule has 0 aliphatic carbocycles. The number of carboxylic acid groups (broad SMARTS) is 2. The molecule has 0 fully saturated rings. The molecule has 7 heteroatoms. The van der Waals surface area contributed by atoms with Crippen molar-refractivity contribution in [3.05, 3.63) is 0 Å². The van der Waals surface area contributed by atoms with E-state index in [0.29, 0.717) is 6.54 Å². The van der Waals surface area contributed by atoms with E-state index in [1.54, 1.807) is 0 Å². The first-order chi connectivity index (χ1) is 7.02. The van der Waals surface area contributed by atoms with Crippen LogP contribution >= 0.6 is 12.2 Å².